The van der Waals surface area contributed by atoms with Gasteiger partial charge in [0.1, 0.15) is 0 Å². The van der Waals surface area contributed by atoms with E-state index >= 15 is 0 Å². The van der Waals surface area contributed by atoms with Gasteiger partial charge >= 0.3 is 7.12 Å². The zero-order valence-corrected chi connectivity index (χ0v) is 15.8. The summed E-state index contributed by atoms with van der Waals surface area (Å²) in [6.07, 6.45) is 4.03. The molecule has 5 atom stereocenters. The number of benzene rings is 1. The zero-order chi connectivity index (χ0) is 17.2. The molecule has 2 aliphatic heterocycles. The summed E-state index contributed by atoms with van der Waals surface area (Å²) in [7, 11) is 0.00548. The molecule has 2 heterocycles. The molecule has 0 amide bonds. The van der Waals surface area contributed by atoms with E-state index in [0.717, 1.165) is 25.6 Å². The molecule has 1 aromatic rings. The van der Waals surface area contributed by atoms with Crippen molar-refractivity contribution in [3.8, 4) is 0 Å². The Morgan fingerprint density at radius 3 is 2.72 bits per heavy atom. The summed E-state index contributed by atoms with van der Waals surface area (Å²) in [6, 6.07) is 10.8. The standard InChI is InChI=1S/C21H30BNO2/c1-20(2)16-11-18(20)21(3)19(12-16)24-22(25-21)17-9-10-23(14-17)13-15-7-5-4-6-8-15/h4-8,16-19H,9-14H2,1-3H3/t16?,17-,18?,19-,21+/m1/s1. The average Bonchev–Trinajstić information content (AvgIpc) is 3.18. The fourth-order valence-electron chi connectivity index (χ4n) is 6.17. The molecule has 3 aliphatic carbocycles. The molecule has 2 bridgehead atoms. The number of nitrogens with zero attached hydrogens (tertiary/aromatic N) is 1. The highest BCUT2D eigenvalue weighted by atomic mass is 16.7. The largest absolute Gasteiger partial charge is 0.462 e. The van der Waals surface area contributed by atoms with Gasteiger partial charge in [-0.2, -0.15) is 0 Å². The summed E-state index contributed by atoms with van der Waals surface area (Å²) < 4.78 is 13.2. The smallest absolute Gasteiger partial charge is 0.405 e. The van der Waals surface area contributed by atoms with Crippen LogP contribution in [0.25, 0.3) is 0 Å². The lowest BCUT2D eigenvalue weighted by atomic mass is 9.43. The van der Waals surface area contributed by atoms with Gasteiger partial charge in [0.15, 0.2) is 0 Å². The van der Waals surface area contributed by atoms with Crippen LogP contribution in [-0.4, -0.2) is 36.8 Å². The van der Waals surface area contributed by atoms with Crippen LogP contribution in [0.4, 0.5) is 0 Å². The van der Waals surface area contributed by atoms with Crippen LogP contribution in [0.2, 0.25) is 5.82 Å². The molecule has 6 rings (SSSR count). The van der Waals surface area contributed by atoms with Crippen molar-refractivity contribution in [1.29, 1.82) is 0 Å². The van der Waals surface area contributed by atoms with Gasteiger partial charge in [-0.15, -0.1) is 0 Å². The van der Waals surface area contributed by atoms with Gasteiger partial charge in [0.05, 0.1) is 11.7 Å². The van der Waals surface area contributed by atoms with Crippen LogP contribution in [0.5, 0.6) is 0 Å². The van der Waals surface area contributed by atoms with Crippen molar-refractivity contribution in [2.75, 3.05) is 13.1 Å². The molecular formula is C21H30BNO2. The molecule has 2 unspecified atom stereocenters. The van der Waals surface area contributed by atoms with Gasteiger partial charge < -0.3 is 9.31 Å². The monoisotopic (exact) mass is 339 g/mol. The Labute approximate surface area is 152 Å². The summed E-state index contributed by atoms with van der Waals surface area (Å²) >= 11 is 0. The van der Waals surface area contributed by atoms with Crippen molar-refractivity contribution < 1.29 is 9.31 Å². The van der Waals surface area contributed by atoms with E-state index in [0.29, 0.717) is 23.3 Å². The highest BCUT2D eigenvalue weighted by molar-refractivity contribution is 6.47. The highest BCUT2D eigenvalue weighted by Crippen LogP contribution is 2.66. The summed E-state index contributed by atoms with van der Waals surface area (Å²) in [4.78, 5) is 2.56. The first kappa shape index (κ1) is 16.3. The Hall–Kier alpha value is -0.835. The number of likely N-dealkylation sites (tertiary alicyclic amines) is 1. The Kier molecular flexibility index (Phi) is 3.65. The Bertz CT molecular complexity index is 651. The molecular weight excluding hydrogens is 309 g/mol. The molecule has 3 nitrogen and oxygen atoms in total. The molecule has 5 fully saturated rings. The molecule has 0 radical (unpaired) electrons. The van der Waals surface area contributed by atoms with Gasteiger partial charge in [0.25, 0.3) is 0 Å². The van der Waals surface area contributed by atoms with E-state index in [-0.39, 0.29) is 12.7 Å². The van der Waals surface area contributed by atoms with Gasteiger partial charge in [-0.1, -0.05) is 44.2 Å². The summed E-state index contributed by atoms with van der Waals surface area (Å²) in [5.74, 6) is 2.01. The minimum atomic E-state index is -0.0598. The molecule has 0 aromatic heterocycles. The van der Waals surface area contributed by atoms with E-state index in [1.807, 2.05) is 0 Å². The van der Waals surface area contributed by atoms with Crippen LogP contribution in [-0.2, 0) is 15.9 Å². The molecule has 0 spiro atoms. The van der Waals surface area contributed by atoms with E-state index in [2.05, 4.69) is 56.0 Å². The van der Waals surface area contributed by atoms with Crippen LogP contribution < -0.4 is 0 Å². The normalized spacial score (nSPS) is 42.3. The SMILES string of the molecule is CC1(C)C2CC1[C@]1(C)OB([C@@H]3CCN(Cc4ccccc4)C3)O[C@@H]1C2. The second kappa shape index (κ2) is 5.58. The quantitative estimate of drug-likeness (QED) is 0.777. The van der Waals surface area contributed by atoms with Crippen molar-refractivity contribution in [2.24, 2.45) is 17.3 Å². The van der Waals surface area contributed by atoms with Crippen LogP contribution in [0.1, 0.15) is 45.6 Å². The Morgan fingerprint density at radius 2 is 1.96 bits per heavy atom. The second-order valence-corrected chi connectivity index (χ2v) is 9.61. The first-order chi connectivity index (χ1) is 12.0. The number of hydrogen-bond donors (Lipinski definition) is 0. The fourth-order valence-corrected chi connectivity index (χ4v) is 6.17. The summed E-state index contributed by atoms with van der Waals surface area (Å²) in [5, 5.41) is 0. The van der Waals surface area contributed by atoms with Gasteiger partial charge in [-0.05, 0) is 62.1 Å². The maximum absolute atomic E-state index is 6.67. The predicted octanol–water partition coefficient (Wildman–Crippen LogP) is 3.99. The molecule has 25 heavy (non-hydrogen) atoms. The van der Waals surface area contributed by atoms with Crippen LogP contribution in [0.15, 0.2) is 30.3 Å². The topological polar surface area (TPSA) is 21.7 Å². The molecule has 0 N–H and O–H groups in total. The average molecular weight is 339 g/mol. The van der Waals surface area contributed by atoms with E-state index < -0.39 is 0 Å². The first-order valence-corrected chi connectivity index (χ1v) is 10.1. The van der Waals surface area contributed by atoms with Crippen molar-refractivity contribution in [3.05, 3.63) is 35.9 Å². The lowest BCUT2D eigenvalue weighted by Crippen LogP contribution is -2.65. The predicted molar refractivity (Wildman–Crippen MR) is 100 cm³/mol. The molecule has 2 saturated heterocycles. The van der Waals surface area contributed by atoms with E-state index in [4.69, 9.17) is 9.31 Å². The molecule has 5 aliphatic rings. The molecule has 1 aromatic carbocycles. The molecule has 3 saturated carbocycles. The lowest BCUT2D eigenvalue weighted by Gasteiger charge is -2.64. The van der Waals surface area contributed by atoms with Gasteiger partial charge in [-0.25, -0.2) is 0 Å². The van der Waals surface area contributed by atoms with Crippen LogP contribution >= 0.6 is 0 Å². The van der Waals surface area contributed by atoms with E-state index in [1.54, 1.807) is 0 Å². The minimum absolute atomic E-state index is 0.00548. The third-order valence-corrected chi connectivity index (χ3v) is 7.91. The Morgan fingerprint density at radius 1 is 1.16 bits per heavy atom. The van der Waals surface area contributed by atoms with E-state index in [9.17, 15) is 0 Å². The molecule has 4 heteroatoms. The van der Waals surface area contributed by atoms with Crippen molar-refractivity contribution in [2.45, 2.75) is 64.1 Å². The first-order valence-electron chi connectivity index (χ1n) is 10.1. The fraction of sp³-hybridized carbons (Fsp3) is 0.714. The van der Waals surface area contributed by atoms with Gasteiger partial charge in [0, 0.05) is 12.4 Å². The van der Waals surface area contributed by atoms with Gasteiger partial charge in [-0.3, -0.25) is 4.90 Å². The van der Waals surface area contributed by atoms with Crippen molar-refractivity contribution in [1.82, 2.24) is 4.90 Å². The van der Waals surface area contributed by atoms with Crippen molar-refractivity contribution >= 4 is 7.12 Å². The van der Waals surface area contributed by atoms with Gasteiger partial charge in [0.2, 0.25) is 0 Å². The Balaban J connectivity index is 1.24. The third kappa shape index (κ3) is 2.44. The van der Waals surface area contributed by atoms with Crippen LogP contribution in [0.3, 0.4) is 0 Å². The maximum Gasteiger partial charge on any atom is 0.462 e. The summed E-state index contributed by atoms with van der Waals surface area (Å²) in [5.41, 5.74) is 1.77. The third-order valence-electron chi connectivity index (χ3n) is 7.91. The summed E-state index contributed by atoms with van der Waals surface area (Å²) in [6.45, 7) is 10.5. The second-order valence-electron chi connectivity index (χ2n) is 9.61. The number of hydrogen-bond acceptors (Lipinski definition) is 3. The number of rotatable bonds is 3. The highest BCUT2D eigenvalue weighted by Gasteiger charge is 2.68. The van der Waals surface area contributed by atoms with Crippen molar-refractivity contribution in [3.63, 3.8) is 0 Å². The lowest BCUT2D eigenvalue weighted by molar-refractivity contribution is -0.199. The zero-order valence-electron chi connectivity index (χ0n) is 15.8. The van der Waals surface area contributed by atoms with Crippen LogP contribution in [0, 0.1) is 17.3 Å². The minimum Gasteiger partial charge on any atom is -0.405 e. The maximum atomic E-state index is 6.67. The van der Waals surface area contributed by atoms with E-state index in [1.165, 1.54) is 24.8 Å². The molecule has 134 valence electrons.